The molecule has 0 radical (unpaired) electrons. The zero-order chi connectivity index (χ0) is 26.7. The molecule has 0 bridgehead atoms. The third-order valence-corrected chi connectivity index (χ3v) is 5.21. The number of rotatable bonds is 13. The Morgan fingerprint density at radius 1 is 0.972 bits per heavy atom. The van der Waals surface area contributed by atoms with E-state index in [2.05, 4.69) is 20.7 Å². The first-order chi connectivity index (χ1) is 17.1. The average Bonchev–Trinajstić information content (AvgIpc) is 3.15. The summed E-state index contributed by atoms with van der Waals surface area (Å²) in [4.78, 5) is 71.4. The molecule has 1 aliphatic heterocycles. The number of nitrogens with one attached hydrogen (secondary N) is 3. The maximum Gasteiger partial charge on any atom is 0.495 e. The molecule has 5 amide bonds. The summed E-state index contributed by atoms with van der Waals surface area (Å²) in [7, 11) is 0. The molecule has 0 spiro atoms. The molecule has 0 fully saturated rings. The molecule has 194 valence electrons. The molecular formula is C24H29FN4O7. The van der Waals surface area contributed by atoms with Gasteiger partial charge in [-0.05, 0) is 36.5 Å². The minimum Gasteiger partial charge on any atom is -0.435 e. The first-order valence-corrected chi connectivity index (χ1v) is 11.4. The SMILES string of the molecule is CC(C)C(NC(=O)CCCCN1C(=O)C=CC1=O)C(=O)NCC(=O)Nc1ccc(COC(=O)F)cc1. The van der Waals surface area contributed by atoms with Crippen molar-refractivity contribution in [1.82, 2.24) is 15.5 Å². The summed E-state index contributed by atoms with van der Waals surface area (Å²) in [5.41, 5.74) is 0.948. The lowest BCUT2D eigenvalue weighted by atomic mass is 10.0. The number of amides is 5. The molecule has 1 aromatic rings. The number of halogens is 1. The van der Waals surface area contributed by atoms with Crippen LogP contribution in [0, 0.1) is 5.92 Å². The van der Waals surface area contributed by atoms with Crippen molar-refractivity contribution in [2.24, 2.45) is 5.92 Å². The van der Waals surface area contributed by atoms with E-state index in [4.69, 9.17) is 0 Å². The zero-order valence-electron chi connectivity index (χ0n) is 20.0. The number of anilines is 1. The van der Waals surface area contributed by atoms with E-state index < -0.39 is 24.1 Å². The van der Waals surface area contributed by atoms with Crippen molar-refractivity contribution in [3.05, 3.63) is 42.0 Å². The van der Waals surface area contributed by atoms with Gasteiger partial charge in [-0.25, -0.2) is 4.79 Å². The van der Waals surface area contributed by atoms with Gasteiger partial charge in [0.25, 0.3) is 11.8 Å². The molecule has 1 aliphatic rings. The molecule has 1 aromatic carbocycles. The van der Waals surface area contributed by atoms with Gasteiger partial charge in [-0.1, -0.05) is 26.0 Å². The predicted octanol–water partition coefficient (Wildman–Crippen LogP) is 1.58. The molecule has 2 rings (SSSR count). The van der Waals surface area contributed by atoms with Crippen molar-refractivity contribution < 1.29 is 37.9 Å². The third-order valence-electron chi connectivity index (χ3n) is 5.21. The van der Waals surface area contributed by atoms with Crippen molar-refractivity contribution in [2.45, 2.75) is 45.8 Å². The molecule has 0 aliphatic carbocycles. The van der Waals surface area contributed by atoms with Gasteiger partial charge in [0.2, 0.25) is 17.7 Å². The van der Waals surface area contributed by atoms with Crippen molar-refractivity contribution in [3.8, 4) is 0 Å². The van der Waals surface area contributed by atoms with Gasteiger partial charge < -0.3 is 20.7 Å². The van der Waals surface area contributed by atoms with E-state index in [1.165, 1.54) is 24.3 Å². The van der Waals surface area contributed by atoms with E-state index in [1.54, 1.807) is 26.0 Å². The smallest absolute Gasteiger partial charge is 0.435 e. The van der Waals surface area contributed by atoms with E-state index in [-0.39, 0.29) is 49.8 Å². The summed E-state index contributed by atoms with van der Waals surface area (Å²) in [5, 5.41) is 7.73. The van der Waals surface area contributed by atoms with Crippen LogP contribution in [0.15, 0.2) is 36.4 Å². The van der Waals surface area contributed by atoms with E-state index in [0.717, 1.165) is 4.90 Å². The van der Waals surface area contributed by atoms with Gasteiger partial charge in [0.15, 0.2) is 0 Å². The summed E-state index contributed by atoms with van der Waals surface area (Å²) in [6.07, 6.45) is 1.51. The normalized spacial score (nSPS) is 13.5. The first kappa shape index (κ1) is 28.1. The minimum atomic E-state index is -1.88. The zero-order valence-corrected chi connectivity index (χ0v) is 20.0. The van der Waals surface area contributed by atoms with Crippen molar-refractivity contribution >= 4 is 41.4 Å². The number of hydrogen-bond donors (Lipinski definition) is 3. The molecule has 1 heterocycles. The van der Waals surface area contributed by atoms with Crippen molar-refractivity contribution in [2.75, 3.05) is 18.4 Å². The van der Waals surface area contributed by atoms with Gasteiger partial charge in [-0.15, -0.1) is 4.39 Å². The van der Waals surface area contributed by atoms with Crippen molar-refractivity contribution in [3.63, 3.8) is 0 Å². The maximum absolute atomic E-state index is 12.6. The largest absolute Gasteiger partial charge is 0.495 e. The highest BCUT2D eigenvalue weighted by Gasteiger charge is 2.25. The van der Waals surface area contributed by atoms with E-state index in [0.29, 0.717) is 24.1 Å². The van der Waals surface area contributed by atoms with Crippen LogP contribution < -0.4 is 16.0 Å². The standard InChI is InChI=1S/C24H29FN4O7/c1-15(2)22(28-18(30)5-3-4-12-29-20(32)10-11-21(29)33)23(34)26-13-19(31)27-17-8-6-16(7-9-17)14-36-24(25)35/h6-11,15,22H,3-5,12-14H2,1-2H3,(H,26,34)(H,27,31)(H,28,30). The Bertz CT molecular complexity index is 1010. The van der Waals surface area contributed by atoms with Crippen LogP contribution in [0.2, 0.25) is 0 Å². The van der Waals surface area contributed by atoms with E-state index in [1.807, 2.05) is 0 Å². The van der Waals surface area contributed by atoms with Crippen LogP contribution in [-0.4, -0.2) is 59.8 Å². The van der Waals surface area contributed by atoms with Crippen LogP contribution in [0.1, 0.15) is 38.7 Å². The lowest BCUT2D eigenvalue weighted by molar-refractivity contribution is -0.136. The number of carbonyl (C=O) groups excluding carboxylic acids is 6. The van der Waals surface area contributed by atoms with Crippen LogP contribution in [0.4, 0.5) is 14.9 Å². The Labute approximate surface area is 207 Å². The molecule has 11 nitrogen and oxygen atoms in total. The van der Waals surface area contributed by atoms with Gasteiger partial charge in [0.1, 0.15) is 12.6 Å². The number of ether oxygens (including phenoxy) is 1. The second-order valence-corrected chi connectivity index (χ2v) is 8.40. The molecule has 3 N–H and O–H groups in total. The molecule has 36 heavy (non-hydrogen) atoms. The quantitative estimate of drug-likeness (QED) is 0.210. The van der Waals surface area contributed by atoms with Crippen LogP contribution in [0.5, 0.6) is 0 Å². The van der Waals surface area contributed by atoms with Gasteiger partial charge >= 0.3 is 6.22 Å². The summed E-state index contributed by atoms with van der Waals surface area (Å²) in [5.74, 6) is -2.36. The van der Waals surface area contributed by atoms with Gasteiger partial charge in [-0.2, -0.15) is 0 Å². The molecule has 1 unspecified atom stereocenters. The van der Waals surface area contributed by atoms with E-state index >= 15 is 0 Å². The molecule has 0 saturated heterocycles. The van der Waals surface area contributed by atoms with Crippen molar-refractivity contribution in [1.29, 1.82) is 0 Å². The third kappa shape index (κ3) is 9.28. The number of carbonyl (C=O) groups is 6. The van der Waals surface area contributed by atoms with Crippen LogP contribution in [0.3, 0.4) is 0 Å². The molecule has 12 heteroatoms. The average molecular weight is 505 g/mol. The fraction of sp³-hybridized carbons (Fsp3) is 0.417. The Kier molecular flexibility index (Phi) is 10.7. The monoisotopic (exact) mass is 504 g/mol. The van der Waals surface area contributed by atoms with E-state index in [9.17, 15) is 33.2 Å². The molecular weight excluding hydrogens is 475 g/mol. The van der Waals surface area contributed by atoms with Crippen LogP contribution in [0.25, 0.3) is 0 Å². The summed E-state index contributed by atoms with van der Waals surface area (Å²) in [6.45, 7) is 3.16. The fourth-order valence-corrected chi connectivity index (χ4v) is 3.29. The van der Waals surface area contributed by atoms with Crippen LogP contribution >= 0.6 is 0 Å². The molecule has 0 aromatic heterocycles. The highest BCUT2D eigenvalue weighted by Crippen LogP contribution is 2.11. The lowest BCUT2D eigenvalue weighted by Crippen LogP contribution is -2.51. The Balaban J connectivity index is 1.72. The van der Waals surface area contributed by atoms with Crippen LogP contribution in [-0.2, 0) is 35.3 Å². The second kappa shape index (κ2) is 13.7. The number of nitrogens with zero attached hydrogens (tertiary/aromatic N) is 1. The second-order valence-electron chi connectivity index (χ2n) is 8.40. The molecule has 0 saturated carbocycles. The topological polar surface area (TPSA) is 151 Å². The Hall–Kier alpha value is -4.09. The number of imide groups is 1. The summed E-state index contributed by atoms with van der Waals surface area (Å²) >= 11 is 0. The number of unbranched alkanes of at least 4 members (excludes halogenated alkanes) is 1. The Morgan fingerprint density at radius 3 is 2.19 bits per heavy atom. The Morgan fingerprint density at radius 2 is 1.61 bits per heavy atom. The summed E-state index contributed by atoms with van der Waals surface area (Å²) < 4.78 is 16.4. The highest BCUT2D eigenvalue weighted by atomic mass is 19.1. The minimum absolute atomic E-state index is 0.112. The predicted molar refractivity (Wildman–Crippen MR) is 126 cm³/mol. The first-order valence-electron chi connectivity index (χ1n) is 11.4. The molecule has 1 atom stereocenters. The van der Waals surface area contributed by atoms with Gasteiger partial charge in [0.05, 0.1) is 6.54 Å². The van der Waals surface area contributed by atoms with Gasteiger partial charge in [0, 0.05) is 30.8 Å². The maximum atomic E-state index is 12.6. The fourth-order valence-electron chi connectivity index (χ4n) is 3.29. The van der Waals surface area contributed by atoms with Gasteiger partial charge in [-0.3, -0.25) is 28.9 Å². The highest BCUT2D eigenvalue weighted by molar-refractivity contribution is 6.12. The summed E-state index contributed by atoms with van der Waals surface area (Å²) in [6, 6.07) is 5.29. The number of hydrogen-bond acceptors (Lipinski definition) is 7. The number of benzene rings is 1. The lowest BCUT2D eigenvalue weighted by Gasteiger charge is -2.22.